The predicted octanol–water partition coefficient (Wildman–Crippen LogP) is 2.54. The molecule has 11 heteroatoms. The van der Waals surface area contributed by atoms with E-state index >= 15 is 0 Å². The van der Waals surface area contributed by atoms with Crippen LogP contribution in [0, 0.1) is 13.8 Å². The van der Waals surface area contributed by atoms with Gasteiger partial charge in [0.25, 0.3) is 5.91 Å². The lowest BCUT2D eigenvalue weighted by atomic mass is 10.1. The zero-order valence-electron chi connectivity index (χ0n) is 24.3. The first-order valence-electron chi connectivity index (χ1n) is 13.0. The minimum atomic E-state index is -3.89. The third-order valence-corrected chi connectivity index (χ3v) is 8.14. The zero-order valence-corrected chi connectivity index (χ0v) is 25.1. The molecule has 0 fully saturated rings. The second kappa shape index (κ2) is 16.7. The molecule has 2 N–H and O–H groups in total. The zero-order chi connectivity index (χ0) is 29.6. The third-order valence-electron chi connectivity index (χ3n) is 6.03. The summed E-state index contributed by atoms with van der Waals surface area (Å²) in [6, 6.07) is 3.28. The summed E-state index contributed by atoms with van der Waals surface area (Å²) < 4.78 is 38.1. The van der Waals surface area contributed by atoms with Gasteiger partial charge in [0.05, 0.1) is 18.6 Å². The van der Waals surface area contributed by atoms with Crippen LogP contribution in [0.5, 0.6) is 5.75 Å². The highest BCUT2D eigenvalue weighted by atomic mass is 32.2. The van der Waals surface area contributed by atoms with Gasteiger partial charge in [-0.1, -0.05) is 20.4 Å². The number of hydrogen-bond acceptors (Lipinski definition) is 7. The number of carbonyl (C=O) groups excluding carboxylic acids is 2. The minimum absolute atomic E-state index is 0.130. The first-order chi connectivity index (χ1) is 18.4. The number of hydrogen-bond donors (Lipinski definition) is 2. The molecule has 0 spiro atoms. The maximum atomic E-state index is 13.1. The van der Waals surface area contributed by atoms with Crippen molar-refractivity contribution in [1.82, 2.24) is 19.8 Å². The summed E-state index contributed by atoms with van der Waals surface area (Å²) in [4.78, 5) is 27.1. The van der Waals surface area contributed by atoms with Crippen molar-refractivity contribution in [2.45, 2.75) is 39.5 Å². The fraction of sp³-hybridized carbons (Fsp3) is 0.500. The number of aryl methyl sites for hydroxylation is 2. The lowest BCUT2D eigenvalue weighted by molar-refractivity contribution is -0.121. The molecule has 1 aromatic carbocycles. The number of amides is 2. The summed E-state index contributed by atoms with van der Waals surface area (Å²) in [6.45, 7) is 16.4. The Labute approximate surface area is 233 Å². The Bertz CT molecular complexity index is 1130. The van der Waals surface area contributed by atoms with Crippen molar-refractivity contribution in [3.05, 3.63) is 59.4 Å². The van der Waals surface area contributed by atoms with Gasteiger partial charge in [-0.2, -0.15) is 4.31 Å². The molecule has 218 valence electrons. The van der Waals surface area contributed by atoms with Crippen molar-refractivity contribution in [1.29, 1.82) is 0 Å². The predicted molar refractivity (Wildman–Crippen MR) is 154 cm³/mol. The van der Waals surface area contributed by atoms with E-state index in [2.05, 4.69) is 36.0 Å². The molecule has 0 aliphatic heterocycles. The number of nitrogens with one attached hydrogen (secondary N) is 2. The van der Waals surface area contributed by atoms with Crippen LogP contribution in [0.1, 0.15) is 31.9 Å². The lowest BCUT2D eigenvalue weighted by Gasteiger charge is -2.20. The van der Waals surface area contributed by atoms with E-state index in [0.717, 1.165) is 23.9 Å². The Hall–Kier alpha value is -3.15. The maximum Gasteiger partial charge on any atom is 0.250 e. The number of likely N-dealkylation sites (N-methyl/N-ethyl adjacent to an activating group) is 2. The highest BCUT2D eigenvalue weighted by molar-refractivity contribution is 7.89. The Kier molecular flexibility index (Phi) is 14.5. The molecule has 0 aromatic heterocycles. The molecule has 0 heterocycles. The van der Waals surface area contributed by atoms with Crippen LogP contribution in [0.3, 0.4) is 0 Å². The van der Waals surface area contributed by atoms with Crippen LogP contribution < -0.4 is 15.4 Å². The SMILES string of the molecule is C=C(/C=C\C(=C/C)OCCN(CC)CC)C(=O)NCCNC(=O)CN(C)S(=O)(=O)c1c(C)cc(OC)cc1C. The highest BCUT2D eigenvalue weighted by Gasteiger charge is 2.27. The average Bonchev–Trinajstić information content (AvgIpc) is 2.89. The molecule has 0 saturated heterocycles. The molecule has 1 aromatic rings. The van der Waals surface area contributed by atoms with E-state index in [1.807, 2.05) is 13.0 Å². The Morgan fingerprint density at radius 3 is 2.18 bits per heavy atom. The van der Waals surface area contributed by atoms with Crippen molar-refractivity contribution < 1.29 is 27.5 Å². The van der Waals surface area contributed by atoms with E-state index in [9.17, 15) is 18.0 Å². The fourth-order valence-electron chi connectivity index (χ4n) is 3.74. The number of methoxy groups -OCH3 is 1. The molecule has 0 radical (unpaired) electrons. The van der Waals surface area contributed by atoms with E-state index in [0.29, 0.717) is 29.2 Å². The van der Waals surface area contributed by atoms with Gasteiger partial charge in [0.1, 0.15) is 18.1 Å². The normalized spacial score (nSPS) is 12.2. The molecule has 0 aliphatic rings. The minimum Gasteiger partial charge on any atom is -0.497 e. The van der Waals surface area contributed by atoms with Crippen molar-refractivity contribution in [2.75, 3.05) is 60.0 Å². The Morgan fingerprint density at radius 2 is 1.64 bits per heavy atom. The third kappa shape index (κ3) is 10.9. The van der Waals surface area contributed by atoms with E-state index < -0.39 is 15.9 Å². The van der Waals surface area contributed by atoms with Gasteiger partial charge in [0.2, 0.25) is 15.9 Å². The van der Waals surface area contributed by atoms with Gasteiger partial charge in [-0.25, -0.2) is 8.42 Å². The summed E-state index contributed by atoms with van der Waals surface area (Å²) in [5.41, 5.74) is 1.30. The summed E-state index contributed by atoms with van der Waals surface area (Å²) >= 11 is 0. The summed E-state index contributed by atoms with van der Waals surface area (Å²) in [6.07, 6.45) is 5.08. The molecule has 0 bridgehead atoms. The molecular formula is C28H44N4O6S. The Balaban J connectivity index is 2.51. The summed E-state index contributed by atoms with van der Waals surface area (Å²) in [7, 11) is -1.03. The smallest absolute Gasteiger partial charge is 0.250 e. The van der Waals surface area contributed by atoms with Crippen LogP contribution in [-0.2, 0) is 24.3 Å². The quantitative estimate of drug-likeness (QED) is 0.129. The van der Waals surface area contributed by atoms with Crippen LogP contribution in [0.15, 0.2) is 53.2 Å². The van der Waals surface area contributed by atoms with E-state index in [4.69, 9.17) is 9.47 Å². The second-order valence-electron chi connectivity index (χ2n) is 8.88. The first-order valence-corrected chi connectivity index (χ1v) is 14.4. The van der Waals surface area contributed by atoms with E-state index in [-0.39, 0.29) is 36.0 Å². The molecule has 0 saturated carbocycles. The van der Waals surface area contributed by atoms with Gasteiger partial charge >= 0.3 is 0 Å². The van der Waals surface area contributed by atoms with Crippen LogP contribution in [0.2, 0.25) is 0 Å². The molecule has 1 rings (SSSR count). The number of rotatable bonds is 17. The van der Waals surface area contributed by atoms with Gasteiger partial charge in [0.15, 0.2) is 0 Å². The average molecular weight is 565 g/mol. The molecule has 0 atom stereocenters. The largest absolute Gasteiger partial charge is 0.497 e. The molecule has 39 heavy (non-hydrogen) atoms. The number of benzene rings is 1. The topological polar surface area (TPSA) is 117 Å². The van der Waals surface area contributed by atoms with Crippen molar-refractivity contribution in [3.8, 4) is 5.75 Å². The van der Waals surface area contributed by atoms with Gasteiger partial charge in [-0.05, 0) is 75.3 Å². The number of carbonyl (C=O) groups is 2. The molecular weight excluding hydrogens is 520 g/mol. The van der Waals surface area contributed by atoms with Gasteiger partial charge in [-0.3, -0.25) is 9.59 Å². The van der Waals surface area contributed by atoms with Gasteiger partial charge in [-0.15, -0.1) is 0 Å². The number of allylic oxidation sites excluding steroid dienone is 2. The second-order valence-corrected chi connectivity index (χ2v) is 10.9. The monoisotopic (exact) mass is 564 g/mol. The van der Waals surface area contributed by atoms with Crippen molar-refractivity contribution in [2.24, 2.45) is 0 Å². The summed E-state index contributed by atoms with van der Waals surface area (Å²) in [5, 5.41) is 5.29. The van der Waals surface area contributed by atoms with Crippen LogP contribution in [0.25, 0.3) is 0 Å². The van der Waals surface area contributed by atoms with Crippen molar-refractivity contribution in [3.63, 3.8) is 0 Å². The number of ether oxygens (including phenoxy) is 2. The van der Waals surface area contributed by atoms with Gasteiger partial charge < -0.3 is 25.0 Å². The highest BCUT2D eigenvalue weighted by Crippen LogP contribution is 2.27. The number of sulfonamides is 1. The van der Waals surface area contributed by atoms with E-state index in [1.54, 1.807) is 38.1 Å². The molecule has 2 amide bonds. The van der Waals surface area contributed by atoms with Crippen LogP contribution in [-0.4, -0.2) is 89.5 Å². The maximum absolute atomic E-state index is 13.1. The van der Waals surface area contributed by atoms with Crippen molar-refractivity contribution >= 4 is 21.8 Å². The van der Waals surface area contributed by atoms with Gasteiger partial charge in [0, 0.05) is 32.3 Å². The molecule has 0 aliphatic carbocycles. The summed E-state index contributed by atoms with van der Waals surface area (Å²) in [5.74, 6) is 0.329. The first kappa shape index (κ1) is 33.9. The fourth-order valence-corrected chi connectivity index (χ4v) is 5.27. The van der Waals surface area contributed by atoms with Crippen LogP contribution >= 0.6 is 0 Å². The van der Waals surface area contributed by atoms with E-state index in [1.165, 1.54) is 14.2 Å². The Morgan fingerprint density at radius 1 is 1.05 bits per heavy atom. The molecule has 0 unspecified atom stereocenters. The number of nitrogens with zero attached hydrogens (tertiary/aromatic N) is 2. The molecule has 10 nitrogen and oxygen atoms in total. The standard InChI is InChI=1S/C28H44N4O6S/c1-9-24(38-17-16-32(10-2)11-3)13-12-21(4)28(34)30-15-14-29-26(33)20-31(7)39(35,36)27-22(5)18-25(37-8)19-23(27)6/h9,12-13,18-19H,4,10-11,14-17,20H2,1-3,5-8H3,(H,29,33)(H,30,34)/b13-12-,24-9+. The van der Waals surface area contributed by atoms with Crippen LogP contribution in [0.4, 0.5) is 0 Å². The lowest BCUT2D eigenvalue weighted by Crippen LogP contribution is -2.41.